The maximum atomic E-state index is 5.72. The first kappa shape index (κ1) is 15.5. The number of hydrogen-bond donors (Lipinski definition) is 1. The van der Waals surface area contributed by atoms with Gasteiger partial charge in [-0.3, -0.25) is 0 Å². The van der Waals surface area contributed by atoms with Gasteiger partial charge in [0.1, 0.15) is 0 Å². The second-order valence-electron chi connectivity index (χ2n) is 6.57. The molecule has 3 nitrogen and oxygen atoms in total. The Kier molecular flexibility index (Phi) is 5.58. The fourth-order valence-electron chi connectivity index (χ4n) is 2.20. The van der Waals surface area contributed by atoms with Crippen LogP contribution >= 0.6 is 0 Å². The number of ether oxygens (including phenoxy) is 2. The molecule has 1 atom stereocenters. The van der Waals surface area contributed by atoms with E-state index in [9.17, 15) is 0 Å². The smallest absolute Gasteiger partial charge is 0.0809 e. The van der Waals surface area contributed by atoms with Crippen molar-refractivity contribution in [2.75, 3.05) is 13.2 Å². The summed E-state index contributed by atoms with van der Waals surface area (Å²) in [7, 11) is 0. The molecule has 0 aromatic heterocycles. The Morgan fingerprint density at radius 1 is 1.20 bits per heavy atom. The summed E-state index contributed by atoms with van der Waals surface area (Å²) in [4.78, 5) is 0. The molecule has 112 valence electrons. The molecule has 20 heavy (non-hydrogen) atoms. The van der Waals surface area contributed by atoms with E-state index in [-0.39, 0.29) is 5.54 Å². The van der Waals surface area contributed by atoms with Gasteiger partial charge in [-0.15, -0.1) is 0 Å². The summed E-state index contributed by atoms with van der Waals surface area (Å²) in [6.45, 7) is 9.73. The zero-order chi connectivity index (χ0) is 14.4. The largest absolute Gasteiger partial charge is 0.376 e. The zero-order valence-corrected chi connectivity index (χ0v) is 12.9. The Morgan fingerprint density at radius 2 is 1.90 bits per heavy atom. The van der Waals surface area contributed by atoms with Gasteiger partial charge >= 0.3 is 0 Å². The second kappa shape index (κ2) is 7.21. The lowest BCUT2D eigenvalue weighted by Gasteiger charge is -2.20. The first-order valence-electron chi connectivity index (χ1n) is 7.55. The van der Waals surface area contributed by atoms with Crippen molar-refractivity contribution in [3.8, 4) is 0 Å². The third-order valence-electron chi connectivity index (χ3n) is 3.44. The molecule has 0 bridgehead atoms. The van der Waals surface area contributed by atoms with E-state index in [1.165, 1.54) is 17.5 Å². The van der Waals surface area contributed by atoms with E-state index >= 15 is 0 Å². The molecule has 1 aromatic rings. The Hall–Kier alpha value is -0.900. The second-order valence-corrected chi connectivity index (χ2v) is 6.57. The minimum atomic E-state index is 0.156. The van der Waals surface area contributed by atoms with Crippen LogP contribution in [0.1, 0.15) is 44.7 Å². The molecular weight excluding hydrogens is 250 g/mol. The Balaban J connectivity index is 1.70. The first-order valence-corrected chi connectivity index (χ1v) is 7.55. The maximum Gasteiger partial charge on any atom is 0.0809 e. The average Bonchev–Trinajstić information content (AvgIpc) is 2.90. The molecule has 0 amide bonds. The van der Waals surface area contributed by atoms with Crippen molar-refractivity contribution in [1.29, 1.82) is 0 Å². The number of benzene rings is 1. The van der Waals surface area contributed by atoms with Crippen molar-refractivity contribution < 1.29 is 9.47 Å². The van der Waals surface area contributed by atoms with Crippen molar-refractivity contribution >= 4 is 0 Å². The molecule has 1 aliphatic heterocycles. The highest BCUT2D eigenvalue weighted by Crippen LogP contribution is 2.13. The van der Waals surface area contributed by atoms with Crippen LogP contribution in [0.5, 0.6) is 0 Å². The Bertz CT molecular complexity index is 388. The van der Waals surface area contributed by atoms with E-state index in [4.69, 9.17) is 9.47 Å². The average molecular weight is 277 g/mol. The standard InChI is InChI=1S/C17H27NO2/c1-17(2,3)18-11-14-6-8-15(9-7-14)12-19-13-16-5-4-10-20-16/h6-9,16,18H,4-5,10-13H2,1-3H3. The first-order chi connectivity index (χ1) is 9.53. The van der Waals surface area contributed by atoms with Crippen molar-refractivity contribution in [2.24, 2.45) is 0 Å². The van der Waals surface area contributed by atoms with Crippen LogP contribution in [0.2, 0.25) is 0 Å². The minimum absolute atomic E-state index is 0.156. The van der Waals surface area contributed by atoms with Crippen molar-refractivity contribution in [1.82, 2.24) is 5.32 Å². The van der Waals surface area contributed by atoms with Crippen molar-refractivity contribution in [3.05, 3.63) is 35.4 Å². The lowest BCUT2D eigenvalue weighted by atomic mass is 10.1. The molecule has 1 heterocycles. The molecule has 1 N–H and O–H groups in total. The van der Waals surface area contributed by atoms with Gasteiger partial charge in [-0.1, -0.05) is 24.3 Å². The molecule has 0 saturated carbocycles. The molecule has 1 aliphatic rings. The van der Waals surface area contributed by atoms with Crippen LogP contribution in [0.3, 0.4) is 0 Å². The summed E-state index contributed by atoms with van der Waals surface area (Å²) in [6, 6.07) is 8.64. The van der Waals surface area contributed by atoms with Gasteiger partial charge in [0.25, 0.3) is 0 Å². The third-order valence-corrected chi connectivity index (χ3v) is 3.44. The number of hydrogen-bond acceptors (Lipinski definition) is 3. The molecule has 1 saturated heterocycles. The van der Waals surface area contributed by atoms with Gasteiger partial charge in [-0.05, 0) is 44.7 Å². The van der Waals surface area contributed by atoms with E-state index in [1.807, 2.05) is 0 Å². The molecule has 0 radical (unpaired) electrons. The van der Waals surface area contributed by atoms with Crippen LogP contribution in [0.4, 0.5) is 0 Å². The van der Waals surface area contributed by atoms with Crippen molar-refractivity contribution in [3.63, 3.8) is 0 Å². The highest BCUT2D eigenvalue weighted by Gasteiger charge is 2.15. The monoisotopic (exact) mass is 277 g/mol. The molecule has 1 aromatic carbocycles. The number of rotatable bonds is 6. The minimum Gasteiger partial charge on any atom is -0.376 e. The molecule has 2 rings (SSSR count). The summed E-state index contributed by atoms with van der Waals surface area (Å²) in [5, 5.41) is 3.49. The summed E-state index contributed by atoms with van der Waals surface area (Å²) in [5.41, 5.74) is 2.69. The lowest BCUT2D eigenvalue weighted by molar-refractivity contribution is 0.0106. The highest BCUT2D eigenvalue weighted by atomic mass is 16.5. The van der Waals surface area contributed by atoms with E-state index < -0.39 is 0 Å². The molecule has 3 heteroatoms. The van der Waals surface area contributed by atoms with Gasteiger partial charge in [0.2, 0.25) is 0 Å². The molecule has 0 aliphatic carbocycles. The maximum absolute atomic E-state index is 5.72. The van der Waals surface area contributed by atoms with Crippen LogP contribution in [-0.4, -0.2) is 24.9 Å². The van der Waals surface area contributed by atoms with Gasteiger partial charge in [0.05, 0.1) is 19.3 Å². The van der Waals surface area contributed by atoms with Gasteiger partial charge < -0.3 is 14.8 Å². The topological polar surface area (TPSA) is 30.5 Å². The van der Waals surface area contributed by atoms with Gasteiger partial charge in [0, 0.05) is 18.7 Å². The molecule has 1 unspecified atom stereocenters. The van der Waals surface area contributed by atoms with Crippen LogP contribution in [0.15, 0.2) is 24.3 Å². The quantitative estimate of drug-likeness (QED) is 0.865. The predicted octanol–water partition coefficient (Wildman–Crippen LogP) is 3.27. The summed E-state index contributed by atoms with van der Waals surface area (Å²) < 4.78 is 11.3. The SMILES string of the molecule is CC(C)(C)NCc1ccc(COCC2CCCO2)cc1. The predicted molar refractivity (Wildman–Crippen MR) is 81.7 cm³/mol. The van der Waals surface area contributed by atoms with Crippen molar-refractivity contribution in [2.45, 2.75) is 58.4 Å². The summed E-state index contributed by atoms with van der Waals surface area (Å²) >= 11 is 0. The van der Waals surface area contributed by atoms with Crippen LogP contribution in [-0.2, 0) is 22.6 Å². The Labute approximate surface area is 122 Å². The summed E-state index contributed by atoms with van der Waals surface area (Å²) in [6.07, 6.45) is 2.62. The normalized spacial score (nSPS) is 19.4. The van der Waals surface area contributed by atoms with E-state index in [2.05, 4.69) is 50.4 Å². The van der Waals surface area contributed by atoms with Crippen LogP contribution in [0, 0.1) is 0 Å². The molecule has 0 spiro atoms. The number of nitrogens with one attached hydrogen (secondary N) is 1. The molecule has 1 fully saturated rings. The van der Waals surface area contributed by atoms with E-state index in [0.717, 1.165) is 19.6 Å². The zero-order valence-electron chi connectivity index (χ0n) is 12.9. The van der Waals surface area contributed by atoms with Gasteiger partial charge in [0.15, 0.2) is 0 Å². The fraction of sp³-hybridized carbons (Fsp3) is 0.647. The van der Waals surface area contributed by atoms with E-state index in [0.29, 0.717) is 19.3 Å². The fourth-order valence-corrected chi connectivity index (χ4v) is 2.20. The summed E-state index contributed by atoms with van der Waals surface area (Å²) in [5.74, 6) is 0. The lowest BCUT2D eigenvalue weighted by Crippen LogP contribution is -2.35. The van der Waals surface area contributed by atoms with Crippen LogP contribution < -0.4 is 5.32 Å². The van der Waals surface area contributed by atoms with Gasteiger partial charge in [-0.25, -0.2) is 0 Å². The highest BCUT2D eigenvalue weighted by molar-refractivity contribution is 5.22. The van der Waals surface area contributed by atoms with Gasteiger partial charge in [-0.2, -0.15) is 0 Å². The Morgan fingerprint density at radius 3 is 2.50 bits per heavy atom. The third kappa shape index (κ3) is 5.61. The van der Waals surface area contributed by atoms with Crippen LogP contribution in [0.25, 0.3) is 0 Å². The van der Waals surface area contributed by atoms with E-state index in [1.54, 1.807) is 0 Å². The molecular formula is C17H27NO2.